The number of anilines is 1. The first-order valence-electron chi connectivity index (χ1n) is 5.13. The fourth-order valence-corrected chi connectivity index (χ4v) is 1.74. The van der Waals surface area contributed by atoms with Crippen LogP contribution in [0, 0.1) is 0 Å². The SMILES string of the molecule is Nc1ccc(Oc2ncccc2Br)c(C(F)(F)F)c1. The fourth-order valence-electron chi connectivity index (χ4n) is 1.41. The molecule has 0 saturated heterocycles. The number of nitrogens with zero attached hydrogens (tertiary/aromatic N) is 1. The number of rotatable bonds is 2. The van der Waals surface area contributed by atoms with Gasteiger partial charge in [-0.3, -0.25) is 0 Å². The van der Waals surface area contributed by atoms with E-state index in [0.717, 1.165) is 6.07 Å². The van der Waals surface area contributed by atoms with E-state index in [0.29, 0.717) is 4.47 Å². The Morgan fingerprint density at radius 3 is 2.58 bits per heavy atom. The van der Waals surface area contributed by atoms with Crippen LogP contribution in [-0.4, -0.2) is 4.98 Å². The molecule has 0 fully saturated rings. The molecule has 0 radical (unpaired) electrons. The van der Waals surface area contributed by atoms with Gasteiger partial charge in [-0.25, -0.2) is 4.98 Å². The second-order valence-corrected chi connectivity index (χ2v) is 4.50. The van der Waals surface area contributed by atoms with Gasteiger partial charge in [-0.15, -0.1) is 0 Å². The normalized spacial score (nSPS) is 11.4. The fraction of sp³-hybridized carbons (Fsp3) is 0.0833. The summed E-state index contributed by atoms with van der Waals surface area (Å²) in [5.74, 6) is -0.293. The van der Waals surface area contributed by atoms with Crippen LogP contribution in [0.2, 0.25) is 0 Å². The molecule has 0 spiro atoms. The third-order valence-corrected chi connectivity index (χ3v) is 2.84. The lowest BCUT2D eigenvalue weighted by molar-refractivity contribution is -0.138. The molecule has 2 N–H and O–H groups in total. The van der Waals surface area contributed by atoms with Crippen molar-refractivity contribution in [2.45, 2.75) is 6.18 Å². The molecule has 0 bridgehead atoms. The summed E-state index contributed by atoms with van der Waals surface area (Å²) in [5, 5.41) is 0. The zero-order valence-electron chi connectivity index (χ0n) is 9.41. The van der Waals surface area contributed by atoms with E-state index < -0.39 is 11.7 Å². The van der Waals surface area contributed by atoms with E-state index in [4.69, 9.17) is 10.5 Å². The van der Waals surface area contributed by atoms with Crippen molar-refractivity contribution in [3.05, 3.63) is 46.6 Å². The lowest BCUT2D eigenvalue weighted by atomic mass is 10.1. The first-order valence-corrected chi connectivity index (χ1v) is 5.92. The van der Waals surface area contributed by atoms with Crippen LogP contribution >= 0.6 is 15.9 Å². The summed E-state index contributed by atoms with van der Waals surface area (Å²) in [6.45, 7) is 0. The number of aromatic nitrogens is 1. The molecular weight excluding hydrogens is 325 g/mol. The van der Waals surface area contributed by atoms with Gasteiger partial charge in [0.25, 0.3) is 0 Å². The molecule has 2 rings (SSSR count). The van der Waals surface area contributed by atoms with Crippen molar-refractivity contribution in [3.8, 4) is 11.6 Å². The maximum atomic E-state index is 12.9. The van der Waals surface area contributed by atoms with Gasteiger partial charge in [0, 0.05) is 11.9 Å². The summed E-state index contributed by atoms with van der Waals surface area (Å²) in [6.07, 6.45) is -3.13. The Morgan fingerprint density at radius 2 is 1.95 bits per heavy atom. The molecule has 19 heavy (non-hydrogen) atoms. The summed E-state index contributed by atoms with van der Waals surface area (Å²) in [7, 11) is 0. The van der Waals surface area contributed by atoms with Crippen LogP contribution in [0.4, 0.5) is 18.9 Å². The summed E-state index contributed by atoms with van der Waals surface area (Å²) in [4.78, 5) is 3.85. The summed E-state index contributed by atoms with van der Waals surface area (Å²) >= 11 is 3.15. The molecule has 3 nitrogen and oxygen atoms in total. The van der Waals surface area contributed by atoms with Gasteiger partial charge >= 0.3 is 6.18 Å². The maximum Gasteiger partial charge on any atom is 0.420 e. The Bertz CT molecular complexity index is 602. The van der Waals surface area contributed by atoms with Gasteiger partial charge in [0.1, 0.15) is 11.3 Å². The smallest absolute Gasteiger partial charge is 0.420 e. The zero-order chi connectivity index (χ0) is 14.0. The van der Waals surface area contributed by atoms with Crippen molar-refractivity contribution in [2.24, 2.45) is 0 Å². The lowest BCUT2D eigenvalue weighted by Gasteiger charge is -2.14. The molecular formula is C12H8BrF3N2O. The third-order valence-electron chi connectivity index (χ3n) is 2.24. The lowest BCUT2D eigenvalue weighted by Crippen LogP contribution is -2.08. The number of hydrogen-bond acceptors (Lipinski definition) is 3. The second kappa shape index (κ2) is 5.08. The number of benzene rings is 1. The van der Waals surface area contributed by atoms with Gasteiger partial charge in [-0.2, -0.15) is 13.2 Å². The largest absolute Gasteiger partial charge is 0.437 e. The summed E-state index contributed by atoms with van der Waals surface area (Å²) in [5.41, 5.74) is 4.44. The quantitative estimate of drug-likeness (QED) is 0.837. The van der Waals surface area contributed by atoms with Gasteiger partial charge in [0.2, 0.25) is 5.88 Å². The molecule has 1 aromatic carbocycles. The number of alkyl halides is 3. The zero-order valence-corrected chi connectivity index (χ0v) is 11.0. The third kappa shape index (κ3) is 3.17. The number of nitrogen functional groups attached to an aromatic ring is 1. The molecule has 0 aliphatic carbocycles. The summed E-state index contributed by atoms with van der Waals surface area (Å²) in [6, 6.07) is 6.57. The van der Waals surface area contributed by atoms with Gasteiger partial charge in [-0.1, -0.05) is 0 Å². The number of ether oxygens (including phenoxy) is 1. The van der Waals surface area contributed by atoms with Crippen molar-refractivity contribution < 1.29 is 17.9 Å². The van der Waals surface area contributed by atoms with Gasteiger partial charge < -0.3 is 10.5 Å². The minimum Gasteiger partial charge on any atom is -0.437 e. The van der Waals surface area contributed by atoms with E-state index in [1.54, 1.807) is 12.1 Å². The van der Waals surface area contributed by atoms with Crippen LogP contribution in [0.3, 0.4) is 0 Å². The predicted octanol–water partition coefficient (Wildman–Crippen LogP) is 4.24. The van der Waals surface area contributed by atoms with Crippen LogP contribution in [0.15, 0.2) is 41.0 Å². The van der Waals surface area contributed by atoms with E-state index in [1.807, 2.05) is 0 Å². The molecule has 0 atom stereocenters. The highest BCUT2D eigenvalue weighted by molar-refractivity contribution is 9.10. The van der Waals surface area contributed by atoms with Gasteiger partial charge in [0.05, 0.1) is 4.47 Å². The highest BCUT2D eigenvalue weighted by Gasteiger charge is 2.35. The van der Waals surface area contributed by atoms with Crippen molar-refractivity contribution in [2.75, 3.05) is 5.73 Å². The average Bonchev–Trinajstić information content (AvgIpc) is 2.33. The topological polar surface area (TPSA) is 48.1 Å². The minimum atomic E-state index is -4.55. The highest BCUT2D eigenvalue weighted by atomic mass is 79.9. The Labute approximate surface area is 115 Å². The van der Waals surface area contributed by atoms with Crippen molar-refractivity contribution in [1.82, 2.24) is 4.98 Å². The number of hydrogen-bond donors (Lipinski definition) is 1. The van der Waals surface area contributed by atoms with Gasteiger partial charge in [0.15, 0.2) is 0 Å². The highest BCUT2D eigenvalue weighted by Crippen LogP contribution is 2.39. The minimum absolute atomic E-state index is 0.0137. The first-order chi connectivity index (χ1) is 8.88. The van der Waals surface area contributed by atoms with Crippen LogP contribution in [-0.2, 0) is 6.18 Å². The average molecular weight is 333 g/mol. The molecule has 0 aliphatic heterocycles. The predicted molar refractivity (Wildman–Crippen MR) is 67.9 cm³/mol. The van der Waals surface area contributed by atoms with Gasteiger partial charge in [-0.05, 0) is 46.3 Å². The second-order valence-electron chi connectivity index (χ2n) is 3.65. The molecule has 0 unspecified atom stereocenters. The van der Waals surface area contributed by atoms with Crippen molar-refractivity contribution in [3.63, 3.8) is 0 Å². The van der Waals surface area contributed by atoms with E-state index in [2.05, 4.69) is 20.9 Å². The maximum absolute atomic E-state index is 12.9. The molecule has 100 valence electrons. The molecule has 0 aliphatic rings. The van der Waals surface area contributed by atoms with Crippen LogP contribution in [0.5, 0.6) is 11.6 Å². The van der Waals surface area contributed by atoms with Crippen LogP contribution in [0.1, 0.15) is 5.56 Å². The number of nitrogens with two attached hydrogens (primary N) is 1. The van der Waals surface area contributed by atoms with Crippen LogP contribution in [0.25, 0.3) is 0 Å². The van der Waals surface area contributed by atoms with Crippen molar-refractivity contribution in [1.29, 1.82) is 0 Å². The number of halogens is 4. The Morgan fingerprint density at radius 1 is 1.21 bits per heavy atom. The van der Waals surface area contributed by atoms with E-state index in [-0.39, 0.29) is 17.3 Å². The first kappa shape index (κ1) is 13.7. The number of pyridine rings is 1. The summed E-state index contributed by atoms with van der Waals surface area (Å²) < 4.78 is 44.2. The Balaban J connectivity index is 2.44. The van der Waals surface area contributed by atoms with Crippen LogP contribution < -0.4 is 10.5 Å². The molecule has 2 aromatic rings. The molecule has 1 aromatic heterocycles. The molecule has 7 heteroatoms. The molecule has 0 amide bonds. The molecule has 0 saturated carbocycles. The van der Waals surface area contributed by atoms with E-state index >= 15 is 0 Å². The van der Waals surface area contributed by atoms with E-state index in [9.17, 15) is 13.2 Å². The standard InChI is InChI=1S/C12H8BrF3N2O/c13-9-2-1-5-18-11(9)19-10-4-3-7(17)6-8(10)12(14,15)16/h1-6H,17H2. The Kier molecular flexibility index (Phi) is 3.66. The van der Waals surface area contributed by atoms with E-state index in [1.165, 1.54) is 18.3 Å². The molecule has 1 heterocycles. The van der Waals surface area contributed by atoms with Crippen molar-refractivity contribution >= 4 is 21.6 Å². The Hall–Kier alpha value is -1.76. The monoisotopic (exact) mass is 332 g/mol.